The van der Waals surface area contributed by atoms with Gasteiger partial charge in [0.25, 0.3) is 11.6 Å². The number of ether oxygens (including phenoxy) is 1. The van der Waals surface area contributed by atoms with E-state index in [0.717, 1.165) is 18.2 Å². The van der Waals surface area contributed by atoms with E-state index in [2.05, 4.69) is 5.32 Å². The normalized spacial score (nSPS) is 10.2. The number of hydrogen-bond acceptors (Lipinski definition) is 5. The van der Waals surface area contributed by atoms with Crippen LogP contribution in [0.25, 0.3) is 0 Å². The van der Waals surface area contributed by atoms with E-state index in [-0.39, 0.29) is 21.3 Å². The largest absolute Gasteiger partial charge is 0.452 e. The SMILES string of the molecule is O=C(COC(=O)c1ccc(Cl)c([N+](=O)[O-])c1)Nc1ccc(F)cc1Cl. The second-order valence-corrected chi connectivity index (χ2v) is 5.49. The molecule has 1 amide bonds. The van der Waals surface area contributed by atoms with Crippen molar-refractivity contribution in [1.82, 2.24) is 0 Å². The van der Waals surface area contributed by atoms with Gasteiger partial charge in [-0.25, -0.2) is 9.18 Å². The molecule has 0 spiro atoms. The van der Waals surface area contributed by atoms with Crippen LogP contribution in [-0.2, 0) is 9.53 Å². The van der Waals surface area contributed by atoms with Gasteiger partial charge in [-0.05, 0) is 30.3 Å². The lowest BCUT2D eigenvalue weighted by atomic mass is 10.2. The van der Waals surface area contributed by atoms with Crippen LogP contribution in [0.2, 0.25) is 10.0 Å². The molecule has 0 saturated heterocycles. The van der Waals surface area contributed by atoms with Gasteiger partial charge in [-0.2, -0.15) is 0 Å². The molecule has 2 aromatic carbocycles. The molecule has 130 valence electrons. The van der Waals surface area contributed by atoms with E-state index < -0.39 is 34.9 Å². The molecular weight excluding hydrogens is 378 g/mol. The Bertz CT molecular complexity index is 860. The Balaban J connectivity index is 1.98. The maximum atomic E-state index is 12.9. The van der Waals surface area contributed by atoms with Gasteiger partial charge in [-0.3, -0.25) is 14.9 Å². The summed E-state index contributed by atoms with van der Waals surface area (Å²) in [6, 6.07) is 6.71. The van der Waals surface area contributed by atoms with Crippen molar-refractivity contribution >= 4 is 46.5 Å². The molecule has 0 aliphatic carbocycles. The van der Waals surface area contributed by atoms with Crippen LogP contribution in [-0.4, -0.2) is 23.4 Å². The number of halogens is 3. The molecular formula is C15H9Cl2FN2O5. The first kappa shape index (κ1) is 18.6. The smallest absolute Gasteiger partial charge is 0.338 e. The van der Waals surface area contributed by atoms with Crippen molar-refractivity contribution in [2.24, 2.45) is 0 Å². The maximum absolute atomic E-state index is 12.9. The molecule has 0 radical (unpaired) electrons. The highest BCUT2D eigenvalue weighted by atomic mass is 35.5. The molecule has 0 heterocycles. The first-order valence-electron chi connectivity index (χ1n) is 6.64. The highest BCUT2D eigenvalue weighted by Crippen LogP contribution is 2.25. The predicted octanol–water partition coefficient (Wildman–Crippen LogP) is 3.84. The Labute approximate surface area is 150 Å². The van der Waals surface area contributed by atoms with Crippen LogP contribution >= 0.6 is 23.2 Å². The van der Waals surface area contributed by atoms with Crippen molar-refractivity contribution in [2.45, 2.75) is 0 Å². The molecule has 10 heteroatoms. The molecule has 7 nitrogen and oxygen atoms in total. The van der Waals surface area contributed by atoms with Crippen molar-refractivity contribution in [2.75, 3.05) is 11.9 Å². The number of esters is 1. The Hall–Kier alpha value is -2.71. The Morgan fingerprint density at radius 2 is 1.88 bits per heavy atom. The Morgan fingerprint density at radius 1 is 1.16 bits per heavy atom. The number of carbonyl (C=O) groups is 2. The highest BCUT2D eigenvalue weighted by molar-refractivity contribution is 6.33. The van der Waals surface area contributed by atoms with Crippen LogP contribution < -0.4 is 5.32 Å². The fourth-order valence-corrected chi connectivity index (χ4v) is 2.17. The summed E-state index contributed by atoms with van der Waals surface area (Å²) in [4.78, 5) is 33.6. The average molecular weight is 387 g/mol. The molecule has 2 aromatic rings. The number of carbonyl (C=O) groups excluding carboxylic acids is 2. The van der Waals surface area contributed by atoms with Crippen LogP contribution in [0.1, 0.15) is 10.4 Å². The molecule has 0 unspecified atom stereocenters. The van der Waals surface area contributed by atoms with Crippen LogP contribution in [0.3, 0.4) is 0 Å². The first-order valence-corrected chi connectivity index (χ1v) is 7.39. The third kappa shape index (κ3) is 4.88. The van der Waals surface area contributed by atoms with Gasteiger partial charge < -0.3 is 10.1 Å². The van der Waals surface area contributed by atoms with Gasteiger partial charge in [0.1, 0.15) is 10.8 Å². The van der Waals surface area contributed by atoms with E-state index in [0.29, 0.717) is 0 Å². The first-order chi connectivity index (χ1) is 11.8. The second-order valence-electron chi connectivity index (χ2n) is 4.67. The van der Waals surface area contributed by atoms with Crippen LogP contribution in [0.15, 0.2) is 36.4 Å². The zero-order valence-corrected chi connectivity index (χ0v) is 13.8. The second kappa shape index (κ2) is 7.91. The number of anilines is 1. The van der Waals surface area contributed by atoms with Gasteiger partial charge in [-0.1, -0.05) is 23.2 Å². The lowest BCUT2D eigenvalue weighted by Gasteiger charge is -2.08. The van der Waals surface area contributed by atoms with E-state index in [1.165, 1.54) is 18.2 Å². The number of nitrogens with zero attached hydrogens (tertiary/aromatic N) is 1. The van der Waals surface area contributed by atoms with Crippen molar-refractivity contribution in [1.29, 1.82) is 0 Å². The van der Waals surface area contributed by atoms with Gasteiger partial charge in [0.15, 0.2) is 6.61 Å². The van der Waals surface area contributed by atoms with Crippen molar-refractivity contribution in [3.05, 3.63) is 67.9 Å². The summed E-state index contributed by atoms with van der Waals surface area (Å²) < 4.78 is 17.7. The standard InChI is InChI=1S/C15H9Cl2FN2O5/c16-10-3-1-8(5-13(10)20(23)24)15(22)25-7-14(21)19-12-4-2-9(18)6-11(12)17/h1-6H,7H2,(H,19,21). The minimum Gasteiger partial charge on any atom is -0.452 e. The zero-order chi connectivity index (χ0) is 18.6. The number of nitro benzene ring substituents is 1. The molecule has 1 N–H and O–H groups in total. The fraction of sp³-hybridized carbons (Fsp3) is 0.0667. The Kier molecular flexibility index (Phi) is 5.89. The summed E-state index contributed by atoms with van der Waals surface area (Å²) in [7, 11) is 0. The van der Waals surface area contributed by atoms with Crippen molar-refractivity contribution < 1.29 is 23.6 Å². The molecule has 0 aromatic heterocycles. The topological polar surface area (TPSA) is 98.5 Å². The minimum atomic E-state index is -0.944. The van der Waals surface area contributed by atoms with Gasteiger partial charge in [0.05, 0.1) is 21.2 Å². The summed E-state index contributed by atoms with van der Waals surface area (Å²) >= 11 is 11.4. The number of amides is 1. The van der Waals surface area contributed by atoms with Crippen LogP contribution in [0.4, 0.5) is 15.8 Å². The number of hydrogen-bond donors (Lipinski definition) is 1. The summed E-state index contributed by atoms with van der Waals surface area (Å²) in [5, 5.41) is 13.0. The minimum absolute atomic E-state index is 0.0204. The third-order valence-corrected chi connectivity index (χ3v) is 3.55. The fourth-order valence-electron chi connectivity index (χ4n) is 1.77. The van der Waals surface area contributed by atoms with Crippen LogP contribution in [0.5, 0.6) is 0 Å². The summed E-state index contributed by atoms with van der Waals surface area (Å²) in [6.07, 6.45) is 0. The molecule has 0 bridgehead atoms. The number of rotatable bonds is 5. The van der Waals surface area contributed by atoms with Gasteiger partial charge in [-0.15, -0.1) is 0 Å². The van der Waals surface area contributed by atoms with Gasteiger partial charge in [0.2, 0.25) is 0 Å². The lowest BCUT2D eigenvalue weighted by Crippen LogP contribution is -2.21. The zero-order valence-electron chi connectivity index (χ0n) is 12.3. The van der Waals surface area contributed by atoms with Gasteiger partial charge in [0, 0.05) is 6.07 Å². The van der Waals surface area contributed by atoms with E-state index in [1.807, 2.05) is 0 Å². The number of benzene rings is 2. The van der Waals surface area contributed by atoms with Crippen LogP contribution in [0, 0.1) is 15.9 Å². The van der Waals surface area contributed by atoms with Crippen molar-refractivity contribution in [3.63, 3.8) is 0 Å². The third-order valence-electron chi connectivity index (χ3n) is 2.92. The highest BCUT2D eigenvalue weighted by Gasteiger charge is 2.18. The molecule has 25 heavy (non-hydrogen) atoms. The summed E-state index contributed by atoms with van der Waals surface area (Å²) in [6.45, 7) is -0.664. The summed E-state index contributed by atoms with van der Waals surface area (Å²) in [5.41, 5.74) is -0.450. The van der Waals surface area contributed by atoms with E-state index >= 15 is 0 Å². The molecule has 0 fully saturated rings. The maximum Gasteiger partial charge on any atom is 0.338 e. The van der Waals surface area contributed by atoms with E-state index in [1.54, 1.807) is 0 Å². The quantitative estimate of drug-likeness (QED) is 0.478. The molecule has 0 aliphatic heterocycles. The summed E-state index contributed by atoms with van der Waals surface area (Å²) in [5.74, 6) is -2.23. The lowest BCUT2D eigenvalue weighted by molar-refractivity contribution is -0.384. The predicted molar refractivity (Wildman–Crippen MR) is 88.4 cm³/mol. The molecule has 0 saturated carbocycles. The molecule has 0 atom stereocenters. The average Bonchev–Trinajstić information content (AvgIpc) is 2.55. The van der Waals surface area contributed by atoms with E-state index in [9.17, 15) is 24.1 Å². The number of nitrogens with one attached hydrogen (secondary N) is 1. The Morgan fingerprint density at radius 3 is 2.52 bits per heavy atom. The molecule has 2 rings (SSSR count). The monoisotopic (exact) mass is 386 g/mol. The van der Waals surface area contributed by atoms with E-state index in [4.69, 9.17) is 27.9 Å². The molecule has 0 aliphatic rings. The van der Waals surface area contributed by atoms with Gasteiger partial charge >= 0.3 is 5.97 Å². The van der Waals surface area contributed by atoms with Crippen molar-refractivity contribution in [3.8, 4) is 0 Å². The number of nitro groups is 1.